The van der Waals surface area contributed by atoms with E-state index in [2.05, 4.69) is 23.2 Å². The van der Waals surface area contributed by atoms with E-state index in [4.69, 9.17) is 0 Å². The summed E-state index contributed by atoms with van der Waals surface area (Å²) in [4.78, 5) is 16.7. The van der Waals surface area contributed by atoms with Crippen LogP contribution in [0, 0.1) is 0 Å². The molecule has 23 heavy (non-hydrogen) atoms. The van der Waals surface area contributed by atoms with Crippen molar-refractivity contribution in [3.8, 4) is 0 Å². The number of hydrogen-bond acceptors (Lipinski definition) is 3. The lowest BCUT2D eigenvalue weighted by Gasteiger charge is -2.42. The number of carbonyl (C=O) groups excluding carboxylic acids is 1. The molecule has 3 rings (SSSR count). The molecule has 0 aromatic heterocycles. The molecule has 0 bridgehead atoms. The van der Waals surface area contributed by atoms with E-state index in [9.17, 15) is 9.90 Å². The third-order valence-electron chi connectivity index (χ3n) is 5.64. The van der Waals surface area contributed by atoms with Gasteiger partial charge in [0.05, 0.1) is 6.10 Å². The van der Waals surface area contributed by atoms with E-state index in [1.807, 2.05) is 4.90 Å². The summed E-state index contributed by atoms with van der Waals surface area (Å²) >= 11 is 0. The summed E-state index contributed by atoms with van der Waals surface area (Å²) in [5, 5.41) is 13.4. The molecule has 2 atom stereocenters. The molecule has 0 spiro atoms. The molecule has 1 saturated carbocycles. The van der Waals surface area contributed by atoms with Crippen molar-refractivity contribution in [2.75, 3.05) is 26.2 Å². The van der Waals surface area contributed by atoms with Gasteiger partial charge in [-0.15, -0.1) is 0 Å². The molecule has 3 aliphatic rings. The SMILES string of the molecule is CC1=CCCN(C(=O)NC2CCN([C@@H]3CCCC[C@H]3O)CC2)C1. The Hall–Kier alpha value is -1.07. The van der Waals surface area contributed by atoms with Crippen molar-refractivity contribution in [1.29, 1.82) is 0 Å². The Morgan fingerprint density at radius 3 is 2.61 bits per heavy atom. The highest BCUT2D eigenvalue weighted by Gasteiger charge is 2.32. The Kier molecular flexibility index (Phi) is 5.59. The van der Waals surface area contributed by atoms with Gasteiger partial charge in [-0.1, -0.05) is 24.5 Å². The van der Waals surface area contributed by atoms with Crippen LogP contribution in [0.15, 0.2) is 11.6 Å². The van der Waals surface area contributed by atoms with Crippen molar-refractivity contribution in [2.45, 2.75) is 70.1 Å². The van der Waals surface area contributed by atoms with Crippen LogP contribution in [-0.4, -0.2) is 65.3 Å². The van der Waals surface area contributed by atoms with Crippen LogP contribution < -0.4 is 5.32 Å². The number of hydrogen-bond donors (Lipinski definition) is 2. The van der Waals surface area contributed by atoms with E-state index in [0.717, 1.165) is 64.7 Å². The lowest BCUT2D eigenvalue weighted by molar-refractivity contribution is 0.00753. The minimum absolute atomic E-state index is 0.0913. The van der Waals surface area contributed by atoms with Gasteiger partial charge in [0.1, 0.15) is 0 Å². The summed E-state index contributed by atoms with van der Waals surface area (Å²) in [6, 6.07) is 0.717. The summed E-state index contributed by atoms with van der Waals surface area (Å²) in [6.07, 6.45) is 9.50. The first-order valence-corrected chi connectivity index (χ1v) is 9.26. The van der Waals surface area contributed by atoms with E-state index < -0.39 is 0 Å². The smallest absolute Gasteiger partial charge is 0.317 e. The molecule has 2 N–H and O–H groups in total. The van der Waals surface area contributed by atoms with Crippen LogP contribution in [0.3, 0.4) is 0 Å². The Morgan fingerprint density at radius 1 is 1.17 bits per heavy atom. The van der Waals surface area contributed by atoms with Crippen LogP contribution >= 0.6 is 0 Å². The van der Waals surface area contributed by atoms with Gasteiger partial charge >= 0.3 is 6.03 Å². The third-order valence-corrected chi connectivity index (χ3v) is 5.64. The number of nitrogens with zero attached hydrogens (tertiary/aromatic N) is 2. The minimum Gasteiger partial charge on any atom is -0.391 e. The highest BCUT2D eigenvalue weighted by molar-refractivity contribution is 5.75. The van der Waals surface area contributed by atoms with Crippen molar-refractivity contribution in [1.82, 2.24) is 15.1 Å². The van der Waals surface area contributed by atoms with E-state index in [-0.39, 0.29) is 18.2 Å². The summed E-state index contributed by atoms with van der Waals surface area (Å²) < 4.78 is 0. The van der Waals surface area contributed by atoms with Gasteiger partial charge in [-0.25, -0.2) is 4.79 Å². The molecule has 1 aliphatic carbocycles. The van der Waals surface area contributed by atoms with Crippen molar-refractivity contribution < 1.29 is 9.90 Å². The second-order valence-corrected chi connectivity index (χ2v) is 7.44. The van der Waals surface area contributed by atoms with Gasteiger partial charge in [-0.05, 0) is 39.0 Å². The standard InChI is InChI=1S/C18H31N3O2/c1-14-5-4-10-21(13-14)18(23)19-15-8-11-20(12-9-15)16-6-2-3-7-17(16)22/h5,15-17,22H,2-4,6-13H2,1H3,(H,19,23)/t16-,17-/m1/s1. The zero-order valence-electron chi connectivity index (χ0n) is 14.3. The molecule has 0 unspecified atom stereocenters. The molecule has 130 valence electrons. The van der Waals surface area contributed by atoms with Crippen molar-refractivity contribution in [3.05, 3.63) is 11.6 Å². The summed E-state index contributed by atoms with van der Waals surface area (Å²) in [7, 11) is 0. The van der Waals surface area contributed by atoms with Gasteiger partial charge < -0.3 is 15.3 Å². The van der Waals surface area contributed by atoms with E-state index in [1.165, 1.54) is 12.0 Å². The van der Waals surface area contributed by atoms with E-state index in [1.54, 1.807) is 0 Å². The number of urea groups is 1. The van der Waals surface area contributed by atoms with Crippen LogP contribution in [0.4, 0.5) is 4.79 Å². The van der Waals surface area contributed by atoms with Crippen LogP contribution in [0.5, 0.6) is 0 Å². The maximum absolute atomic E-state index is 12.4. The highest BCUT2D eigenvalue weighted by atomic mass is 16.3. The van der Waals surface area contributed by atoms with Crippen LogP contribution in [0.1, 0.15) is 51.9 Å². The number of aliphatic hydroxyl groups is 1. The topological polar surface area (TPSA) is 55.8 Å². The first kappa shape index (κ1) is 16.8. The Morgan fingerprint density at radius 2 is 1.91 bits per heavy atom. The molecule has 0 radical (unpaired) electrons. The van der Waals surface area contributed by atoms with Gasteiger partial charge in [0.2, 0.25) is 0 Å². The first-order chi connectivity index (χ1) is 11.1. The molecule has 1 saturated heterocycles. The maximum Gasteiger partial charge on any atom is 0.317 e. The zero-order chi connectivity index (χ0) is 16.2. The summed E-state index contributed by atoms with van der Waals surface area (Å²) in [5.41, 5.74) is 1.28. The molecule has 2 aliphatic heterocycles. The fourth-order valence-electron chi connectivity index (χ4n) is 4.24. The average Bonchev–Trinajstić information content (AvgIpc) is 2.56. The quantitative estimate of drug-likeness (QED) is 0.766. The van der Waals surface area contributed by atoms with Gasteiger partial charge in [-0.2, -0.15) is 0 Å². The predicted octanol–water partition coefficient (Wildman–Crippen LogP) is 2.12. The molecule has 5 nitrogen and oxygen atoms in total. The molecule has 2 amide bonds. The number of nitrogens with one attached hydrogen (secondary N) is 1. The van der Waals surface area contributed by atoms with Gasteiger partial charge in [0, 0.05) is 38.3 Å². The van der Waals surface area contributed by atoms with E-state index >= 15 is 0 Å². The molecule has 5 heteroatoms. The molecule has 0 aromatic rings. The normalized spacial score (nSPS) is 30.9. The highest BCUT2D eigenvalue weighted by Crippen LogP contribution is 2.26. The second kappa shape index (κ2) is 7.67. The van der Waals surface area contributed by atoms with Crippen LogP contribution in [0.2, 0.25) is 0 Å². The van der Waals surface area contributed by atoms with Gasteiger partial charge in [0.15, 0.2) is 0 Å². The molecular weight excluding hydrogens is 290 g/mol. The Balaban J connectivity index is 1.44. The molecular formula is C18H31N3O2. The minimum atomic E-state index is -0.155. The van der Waals surface area contributed by atoms with Gasteiger partial charge in [-0.3, -0.25) is 4.90 Å². The first-order valence-electron chi connectivity index (χ1n) is 9.26. The van der Waals surface area contributed by atoms with Crippen molar-refractivity contribution >= 4 is 6.03 Å². The maximum atomic E-state index is 12.4. The lowest BCUT2D eigenvalue weighted by atomic mass is 9.89. The summed E-state index contributed by atoms with van der Waals surface area (Å²) in [6.45, 7) is 5.67. The monoisotopic (exact) mass is 321 g/mol. The van der Waals surface area contributed by atoms with E-state index in [0.29, 0.717) is 6.04 Å². The fraction of sp³-hybridized carbons (Fsp3) is 0.833. The molecule has 0 aromatic carbocycles. The van der Waals surface area contributed by atoms with Crippen LogP contribution in [-0.2, 0) is 0 Å². The number of rotatable bonds is 2. The lowest BCUT2D eigenvalue weighted by Crippen LogP contribution is -2.54. The molecule has 2 heterocycles. The zero-order valence-corrected chi connectivity index (χ0v) is 14.3. The number of carbonyl (C=O) groups is 1. The fourth-order valence-corrected chi connectivity index (χ4v) is 4.24. The molecule has 2 fully saturated rings. The van der Waals surface area contributed by atoms with Crippen LogP contribution in [0.25, 0.3) is 0 Å². The van der Waals surface area contributed by atoms with Crippen molar-refractivity contribution in [3.63, 3.8) is 0 Å². The Labute approximate surface area is 139 Å². The number of aliphatic hydroxyl groups excluding tert-OH is 1. The largest absolute Gasteiger partial charge is 0.391 e. The average molecular weight is 321 g/mol. The third kappa shape index (κ3) is 4.27. The van der Waals surface area contributed by atoms with Gasteiger partial charge in [0.25, 0.3) is 0 Å². The van der Waals surface area contributed by atoms with Crippen molar-refractivity contribution in [2.24, 2.45) is 0 Å². The predicted molar refractivity (Wildman–Crippen MR) is 91.3 cm³/mol. The number of likely N-dealkylation sites (tertiary alicyclic amines) is 1. The number of amides is 2. The second-order valence-electron chi connectivity index (χ2n) is 7.44. The summed E-state index contributed by atoms with van der Waals surface area (Å²) in [5.74, 6) is 0. The Bertz CT molecular complexity index is 444. The number of piperidine rings is 1.